The van der Waals surface area contributed by atoms with Crippen LogP contribution in [-0.2, 0) is 4.74 Å². The minimum absolute atomic E-state index is 0. The zero-order valence-corrected chi connectivity index (χ0v) is 15.7. The second-order valence-electron chi connectivity index (χ2n) is 6.32. The van der Waals surface area contributed by atoms with Gasteiger partial charge in [0.25, 0.3) is 0 Å². The number of methoxy groups -OCH3 is 2. The SMILES string of the molecule is COC(=O)Oc1cc2c(C(=O)CNC(C)(C)C)ccc(OC)c2[nH]1.Cl. The van der Waals surface area contributed by atoms with Crippen LogP contribution in [0.5, 0.6) is 11.6 Å². The summed E-state index contributed by atoms with van der Waals surface area (Å²) >= 11 is 0. The van der Waals surface area contributed by atoms with Gasteiger partial charge in [-0.05, 0) is 32.9 Å². The van der Waals surface area contributed by atoms with E-state index in [1.165, 1.54) is 14.2 Å². The monoisotopic (exact) mass is 370 g/mol. The van der Waals surface area contributed by atoms with Gasteiger partial charge in [0.15, 0.2) is 5.78 Å². The van der Waals surface area contributed by atoms with Gasteiger partial charge in [0.05, 0.1) is 26.3 Å². The van der Waals surface area contributed by atoms with Crippen LogP contribution in [0.1, 0.15) is 31.1 Å². The Labute approximate surface area is 152 Å². The molecule has 0 radical (unpaired) electrons. The van der Waals surface area contributed by atoms with Crippen LogP contribution in [0.4, 0.5) is 4.79 Å². The molecule has 0 aliphatic rings. The number of rotatable bonds is 5. The first-order valence-corrected chi connectivity index (χ1v) is 7.49. The van der Waals surface area contributed by atoms with E-state index in [-0.39, 0.29) is 36.2 Å². The number of aromatic amines is 1. The first-order chi connectivity index (χ1) is 11.2. The van der Waals surface area contributed by atoms with Crippen LogP contribution in [0.2, 0.25) is 0 Å². The maximum Gasteiger partial charge on any atom is 0.514 e. The van der Waals surface area contributed by atoms with E-state index < -0.39 is 6.16 Å². The third kappa shape index (κ3) is 5.11. The number of Topliss-reactive ketones (excluding diaryl/α,β-unsaturated/α-hetero) is 1. The van der Waals surface area contributed by atoms with Crippen LogP contribution in [0.25, 0.3) is 10.9 Å². The van der Waals surface area contributed by atoms with E-state index in [1.54, 1.807) is 18.2 Å². The predicted octanol–water partition coefficient (Wildman–Crippen LogP) is 3.31. The summed E-state index contributed by atoms with van der Waals surface area (Å²) in [6.07, 6.45) is -0.845. The number of carbonyl (C=O) groups is 2. The summed E-state index contributed by atoms with van der Waals surface area (Å²) in [5.74, 6) is 0.658. The number of hydrogen-bond donors (Lipinski definition) is 2. The molecule has 7 nitrogen and oxygen atoms in total. The third-order valence-electron chi connectivity index (χ3n) is 3.39. The molecule has 138 valence electrons. The van der Waals surface area contributed by atoms with E-state index in [0.29, 0.717) is 22.2 Å². The van der Waals surface area contributed by atoms with Gasteiger partial charge in [0.1, 0.15) is 5.75 Å². The highest BCUT2D eigenvalue weighted by Crippen LogP contribution is 2.31. The molecule has 0 fully saturated rings. The molecular weight excluding hydrogens is 348 g/mol. The number of hydrogen-bond acceptors (Lipinski definition) is 6. The molecular formula is C17H23ClN2O5. The molecule has 0 saturated heterocycles. The summed E-state index contributed by atoms with van der Waals surface area (Å²) in [5.41, 5.74) is 0.926. The van der Waals surface area contributed by atoms with Gasteiger partial charge in [0, 0.05) is 22.6 Å². The molecule has 0 saturated carbocycles. The number of ketones is 1. The molecule has 1 heterocycles. The van der Waals surface area contributed by atoms with Crippen molar-refractivity contribution >= 4 is 35.2 Å². The van der Waals surface area contributed by atoms with Crippen LogP contribution in [0.3, 0.4) is 0 Å². The predicted molar refractivity (Wildman–Crippen MR) is 97.2 cm³/mol. The van der Waals surface area contributed by atoms with Gasteiger partial charge in [-0.3, -0.25) is 4.79 Å². The molecule has 2 rings (SSSR count). The van der Waals surface area contributed by atoms with E-state index in [9.17, 15) is 9.59 Å². The summed E-state index contributed by atoms with van der Waals surface area (Å²) < 4.78 is 14.8. The number of benzene rings is 1. The smallest absolute Gasteiger partial charge is 0.495 e. The van der Waals surface area contributed by atoms with Crippen molar-refractivity contribution in [3.8, 4) is 11.6 Å². The van der Waals surface area contributed by atoms with Gasteiger partial charge in [-0.2, -0.15) is 0 Å². The maximum absolute atomic E-state index is 12.5. The lowest BCUT2D eigenvalue weighted by molar-refractivity contribution is 0.0983. The lowest BCUT2D eigenvalue weighted by atomic mass is 10.0. The van der Waals surface area contributed by atoms with Crippen molar-refractivity contribution in [3.63, 3.8) is 0 Å². The summed E-state index contributed by atoms with van der Waals surface area (Å²) in [6, 6.07) is 4.98. The minimum atomic E-state index is -0.845. The molecule has 25 heavy (non-hydrogen) atoms. The van der Waals surface area contributed by atoms with Gasteiger partial charge in [-0.25, -0.2) is 4.79 Å². The van der Waals surface area contributed by atoms with Gasteiger partial charge in [-0.1, -0.05) is 0 Å². The second kappa shape index (κ2) is 8.22. The molecule has 1 aromatic heterocycles. The largest absolute Gasteiger partial charge is 0.514 e. The average Bonchev–Trinajstić information content (AvgIpc) is 2.94. The Kier molecular flexibility index (Phi) is 6.84. The van der Waals surface area contributed by atoms with E-state index in [4.69, 9.17) is 9.47 Å². The van der Waals surface area contributed by atoms with Gasteiger partial charge in [-0.15, -0.1) is 12.4 Å². The van der Waals surface area contributed by atoms with Crippen molar-refractivity contribution in [2.75, 3.05) is 20.8 Å². The number of ether oxygens (including phenoxy) is 3. The number of halogens is 1. The number of nitrogens with one attached hydrogen (secondary N) is 2. The normalized spacial score (nSPS) is 10.9. The fourth-order valence-corrected chi connectivity index (χ4v) is 2.21. The Morgan fingerprint density at radius 1 is 1.20 bits per heavy atom. The molecule has 0 bridgehead atoms. The highest BCUT2D eigenvalue weighted by Gasteiger charge is 2.19. The third-order valence-corrected chi connectivity index (χ3v) is 3.39. The van der Waals surface area contributed by atoms with Crippen molar-refractivity contribution in [2.24, 2.45) is 0 Å². The molecule has 1 aromatic carbocycles. The van der Waals surface area contributed by atoms with E-state index >= 15 is 0 Å². The first-order valence-electron chi connectivity index (χ1n) is 7.49. The number of carbonyl (C=O) groups excluding carboxylic acids is 2. The molecule has 0 amide bonds. The van der Waals surface area contributed by atoms with Crippen LogP contribution in [-0.4, -0.2) is 43.2 Å². The first kappa shape index (κ1) is 20.8. The van der Waals surface area contributed by atoms with Crippen molar-refractivity contribution in [1.82, 2.24) is 10.3 Å². The fraction of sp³-hybridized carbons (Fsp3) is 0.412. The van der Waals surface area contributed by atoms with Crippen molar-refractivity contribution in [1.29, 1.82) is 0 Å². The standard InChI is InChI=1S/C17H22N2O5.ClH/c1-17(2,3)18-9-12(20)10-6-7-13(22-4)15-11(10)8-14(19-15)24-16(21)23-5;/h6-8,18-19H,9H2,1-5H3;1H. The molecule has 0 aliphatic heterocycles. The Bertz CT molecular complexity index is 764. The van der Waals surface area contributed by atoms with Gasteiger partial charge in [0.2, 0.25) is 5.88 Å². The van der Waals surface area contributed by atoms with Crippen LogP contribution < -0.4 is 14.8 Å². The van der Waals surface area contributed by atoms with Crippen molar-refractivity contribution < 1.29 is 23.8 Å². The zero-order valence-electron chi connectivity index (χ0n) is 14.9. The highest BCUT2D eigenvalue weighted by atomic mass is 35.5. The topological polar surface area (TPSA) is 89.7 Å². The Morgan fingerprint density at radius 2 is 1.88 bits per heavy atom. The average molecular weight is 371 g/mol. The molecule has 8 heteroatoms. The minimum Gasteiger partial charge on any atom is -0.495 e. The zero-order chi connectivity index (χ0) is 17.9. The molecule has 0 spiro atoms. The summed E-state index contributed by atoms with van der Waals surface area (Å²) in [4.78, 5) is 26.7. The maximum atomic E-state index is 12.5. The lowest BCUT2D eigenvalue weighted by Gasteiger charge is -2.20. The Hall–Kier alpha value is -2.25. The molecule has 0 unspecified atom stereocenters. The molecule has 0 atom stereocenters. The molecule has 2 N–H and O–H groups in total. The van der Waals surface area contributed by atoms with Gasteiger partial charge >= 0.3 is 6.16 Å². The molecule has 2 aromatic rings. The molecule has 0 aliphatic carbocycles. The van der Waals surface area contributed by atoms with Crippen LogP contribution >= 0.6 is 12.4 Å². The Balaban J connectivity index is 0.00000312. The van der Waals surface area contributed by atoms with Crippen molar-refractivity contribution in [3.05, 3.63) is 23.8 Å². The van der Waals surface area contributed by atoms with Crippen LogP contribution in [0.15, 0.2) is 18.2 Å². The van der Waals surface area contributed by atoms with E-state index in [2.05, 4.69) is 15.0 Å². The van der Waals surface area contributed by atoms with Crippen LogP contribution in [0, 0.1) is 0 Å². The summed E-state index contributed by atoms with van der Waals surface area (Å²) in [5, 5.41) is 3.78. The van der Waals surface area contributed by atoms with E-state index in [0.717, 1.165) is 0 Å². The number of fused-ring (bicyclic) bond motifs is 1. The number of aromatic nitrogens is 1. The van der Waals surface area contributed by atoms with Gasteiger partial charge < -0.3 is 24.5 Å². The highest BCUT2D eigenvalue weighted by molar-refractivity contribution is 6.10. The summed E-state index contributed by atoms with van der Waals surface area (Å²) in [7, 11) is 2.75. The van der Waals surface area contributed by atoms with Crippen molar-refractivity contribution in [2.45, 2.75) is 26.3 Å². The Morgan fingerprint density at radius 3 is 2.44 bits per heavy atom. The summed E-state index contributed by atoms with van der Waals surface area (Å²) in [6.45, 7) is 6.16. The van der Waals surface area contributed by atoms with E-state index in [1.807, 2.05) is 20.8 Å². The number of H-pyrrole nitrogens is 1. The fourth-order valence-electron chi connectivity index (χ4n) is 2.21. The quantitative estimate of drug-likeness (QED) is 0.620. The lowest BCUT2D eigenvalue weighted by Crippen LogP contribution is -2.39. The second-order valence-corrected chi connectivity index (χ2v) is 6.32.